The SMILES string of the molecule is NC(CCO)CSc1ccc2c(c1)CCC2. The minimum Gasteiger partial charge on any atom is -0.396 e. The molecule has 0 bridgehead atoms. The summed E-state index contributed by atoms with van der Waals surface area (Å²) >= 11 is 1.80. The van der Waals surface area contributed by atoms with Crippen molar-refractivity contribution in [2.24, 2.45) is 5.73 Å². The molecule has 1 aliphatic rings. The monoisotopic (exact) mass is 237 g/mol. The van der Waals surface area contributed by atoms with E-state index in [9.17, 15) is 0 Å². The van der Waals surface area contributed by atoms with E-state index in [1.54, 1.807) is 11.8 Å². The molecule has 0 aliphatic heterocycles. The highest BCUT2D eigenvalue weighted by atomic mass is 32.2. The van der Waals surface area contributed by atoms with Gasteiger partial charge in [0.2, 0.25) is 0 Å². The third-order valence-corrected chi connectivity index (χ3v) is 4.22. The largest absolute Gasteiger partial charge is 0.396 e. The van der Waals surface area contributed by atoms with E-state index < -0.39 is 0 Å². The summed E-state index contributed by atoms with van der Waals surface area (Å²) in [6.07, 6.45) is 4.46. The second kappa shape index (κ2) is 5.71. The Hall–Kier alpha value is -0.510. The van der Waals surface area contributed by atoms with Gasteiger partial charge in [0.1, 0.15) is 0 Å². The van der Waals surface area contributed by atoms with Gasteiger partial charge in [0.15, 0.2) is 0 Å². The minimum atomic E-state index is 0.100. The summed E-state index contributed by atoms with van der Waals surface area (Å²) in [4.78, 5) is 1.31. The molecule has 2 nitrogen and oxygen atoms in total. The van der Waals surface area contributed by atoms with Crippen molar-refractivity contribution in [2.45, 2.75) is 36.6 Å². The second-order valence-electron chi connectivity index (χ2n) is 4.37. The average molecular weight is 237 g/mol. The van der Waals surface area contributed by atoms with Gasteiger partial charge in [0, 0.05) is 23.3 Å². The van der Waals surface area contributed by atoms with Crippen LogP contribution in [0.5, 0.6) is 0 Å². The fourth-order valence-corrected chi connectivity index (χ4v) is 3.05. The topological polar surface area (TPSA) is 46.2 Å². The summed E-state index contributed by atoms with van der Waals surface area (Å²) < 4.78 is 0. The number of fused-ring (bicyclic) bond motifs is 1. The molecule has 1 aromatic carbocycles. The molecule has 0 saturated carbocycles. The van der Waals surface area contributed by atoms with Gasteiger partial charge in [-0.3, -0.25) is 0 Å². The van der Waals surface area contributed by atoms with Crippen molar-refractivity contribution in [1.82, 2.24) is 0 Å². The number of hydrogen-bond acceptors (Lipinski definition) is 3. The molecule has 1 unspecified atom stereocenters. The van der Waals surface area contributed by atoms with Gasteiger partial charge in [-0.05, 0) is 48.9 Å². The summed E-state index contributed by atoms with van der Waals surface area (Å²) in [5.41, 5.74) is 8.90. The van der Waals surface area contributed by atoms with Crippen molar-refractivity contribution in [3.05, 3.63) is 29.3 Å². The van der Waals surface area contributed by atoms with E-state index in [0.29, 0.717) is 6.42 Å². The minimum absolute atomic E-state index is 0.100. The van der Waals surface area contributed by atoms with Crippen LogP contribution in [0.25, 0.3) is 0 Å². The van der Waals surface area contributed by atoms with E-state index >= 15 is 0 Å². The van der Waals surface area contributed by atoms with E-state index in [2.05, 4.69) is 18.2 Å². The summed E-state index contributed by atoms with van der Waals surface area (Å²) in [7, 11) is 0. The Kier molecular flexibility index (Phi) is 4.27. The highest BCUT2D eigenvalue weighted by Crippen LogP contribution is 2.27. The molecule has 88 valence electrons. The zero-order chi connectivity index (χ0) is 11.4. The molecular weight excluding hydrogens is 218 g/mol. The number of thioether (sulfide) groups is 1. The molecule has 1 aromatic rings. The van der Waals surface area contributed by atoms with E-state index in [0.717, 1.165) is 5.75 Å². The molecule has 0 saturated heterocycles. The van der Waals surface area contributed by atoms with Crippen molar-refractivity contribution in [1.29, 1.82) is 0 Å². The Bertz CT molecular complexity index is 354. The first-order chi connectivity index (χ1) is 7.79. The normalized spacial score (nSPS) is 16.1. The van der Waals surface area contributed by atoms with Gasteiger partial charge in [-0.25, -0.2) is 0 Å². The van der Waals surface area contributed by atoms with E-state index in [-0.39, 0.29) is 12.6 Å². The van der Waals surface area contributed by atoms with Crippen LogP contribution < -0.4 is 5.73 Å². The average Bonchev–Trinajstić information content (AvgIpc) is 2.74. The molecule has 3 N–H and O–H groups in total. The van der Waals surface area contributed by atoms with E-state index in [4.69, 9.17) is 10.8 Å². The number of nitrogens with two attached hydrogens (primary N) is 1. The molecule has 1 atom stereocenters. The molecule has 0 amide bonds. The fourth-order valence-electron chi connectivity index (χ4n) is 2.09. The van der Waals surface area contributed by atoms with E-state index in [1.807, 2.05) is 0 Å². The van der Waals surface area contributed by atoms with Gasteiger partial charge >= 0.3 is 0 Å². The summed E-state index contributed by atoms with van der Waals surface area (Å²) in [5, 5.41) is 8.77. The number of rotatable bonds is 5. The molecule has 0 spiro atoms. The van der Waals surface area contributed by atoms with Crippen LogP contribution in [0.3, 0.4) is 0 Å². The molecule has 0 fully saturated rings. The molecule has 0 radical (unpaired) electrons. The zero-order valence-electron chi connectivity index (χ0n) is 9.48. The van der Waals surface area contributed by atoms with Crippen LogP contribution in [0.1, 0.15) is 24.0 Å². The maximum absolute atomic E-state index is 8.77. The Morgan fingerprint density at radius 3 is 2.94 bits per heavy atom. The van der Waals surface area contributed by atoms with Crippen molar-refractivity contribution >= 4 is 11.8 Å². The first-order valence-electron chi connectivity index (χ1n) is 5.90. The zero-order valence-corrected chi connectivity index (χ0v) is 10.3. The number of aryl methyl sites for hydroxylation is 2. The lowest BCUT2D eigenvalue weighted by atomic mass is 10.1. The van der Waals surface area contributed by atoms with Crippen LogP contribution in [0.2, 0.25) is 0 Å². The molecule has 0 aromatic heterocycles. The number of aliphatic hydroxyl groups is 1. The van der Waals surface area contributed by atoms with Crippen molar-refractivity contribution < 1.29 is 5.11 Å². The van der Waals surface area contributed by atoms with Crippen molar-refractivity contribution in [3.63, 3.8) is 0 Å². The van der Waals surface area contributed by atoms with Crippen LogP contribution >= 0.6 is 11.8 Å². The van der Waals surface area contributed by atoms with Gasteiger partial charge < -0.3 is 10.8 Å². The number of aliphatic hydroxyl groups excluding tert-OH is 1. The third kappa shape index (κ3) is 3.00. The van der Waals surface area contributed by atoms with Crippen LogP contribution in [-0.2, 0) is 12.8 Å². The van der Waals surface area contributed by atoms with Gasteiger partial charge in [0.05, 0.1) is 0 Å². The van der Waals surface area contributed by atoms with Crippen molar-refractivity contribution in [3.8, 4) is 0 Å². The predicted octanol–water partition coefficient (Wildman–Crippen LogP) is 1.98. The first kappa shape index (κ1) is 12.0. The smallest absolute Gasteiger partial charge is 0.0446 e. The van der Waals surface area contributed by atoms with Crippen LogP contribution in [0, 0.1) is 0 Å². The molecule has 16 heavy (non-hydrogen) atoms. The van der Waals surface area contributed by atoms with Crippen molar-refractivity contribution in [2.75, 3.05) is 12.4 Å². The Morgan fingerprint density at radius 2 is 2.12 bits per heavy atom. The van der Waals surface area contributed by atoms with Crippen LogP contribution in [-0.4, -0.2) is 23.5 Å². The Balaban J connectivity index is 1.90. The summed E-state index contributed by atoms with van der Waals surface area (Å²) in [6.45, 7) is 0.186. The van der Waals surface area contributed by atoms with Gasteiger partial charge in [-0.15, -0.1) is 11.8 Å². The van der Waals surface area contributed by atoms with Gasteiger partial charge in [-0.1, -0.05) is 6.07 Å². The fraction of sp³-hybridized carbons (Fsp3) is 0.538. The number of benzene rings is 1. The van der Waals surface area contributed by atoms with Crippen LogP contribution in [0.4, 0.5) is 0 Å². The third-order valence-electron chi connectivity index (χ3n) is 3.03. The molecular formula is C13H19NOS. The highest BCUT2D eigenvalue weighted by molar-refractivity contribution is 7.99. The predicted molar refractivity (Wildman–Crippen MR) is 68.9 cm³/mol. The number of hydrogen-bond donors (Lipinski definition) is 2. The second-order valence-corrected chi connectivity index (χ2v) is 5.46. The summed E-state index contributed by atoms with van der Waals surface area (Å²) in [5.74, 6) is 0.888. The molecule has 1 aliphatic carbocycles. The van der Waals surface area contributed by atoms with Crippen LogP contribution in [0.15, 0.2) is 23.1 Å². The molecule has 2 rings (SSSR count). The van der Waals surface area contributed by atoms with Gasteiger partial charge in [-0.2, -0.15) is 0 Å². The molecule has 3 heteroatoms. The maximum Gasteiger partial charge on any atom is 0.0446 e. The summed E-state index contributed by atoms with van der Waals surface area (Å²) in [6, 6.07) is 6.85. The molecule has 0 heterocycles. The van der Waals surface area contributed by atoms with E-state index in [1.165, 1.54) is 35.3 Å². The standard InChI is InChI=1S/C13H19NOS/c14-12(6-7-15)9-16-13-5-4-10-2-1-3-11(10)8-13/h4-5,8,12,15H,1-3,6-7,9,14H2. The lowest BCUT2D eigenvalue weighted by molar-refractivity contribution is 0.279. The highest BCUT2D eigenvalue weighted by Gasteiger charge is 2.11. The Morgan fingerprint density at radius 1 is 1.31 bits per heavy atom. The first-order valence-corrected chi connectivity index (χ1v) is 6.89. The lowest BCUT2D eigenvalue weighted by Crippen LogP contribution is -2.23. The quantitative estimate of drug-likeness (QED) is 0.770. The van der Waals surface area contributed by atoms with Gasteiger partial charge in [0.25, 0.3) is 0 Å². The lowest BCUT2D eigenvalue weighted by Gasteiger charge is -2.10. The Labute approximate surface area is 101 Å². The maximum atomic E-state index is 8.77.